The minimum absolute atomic E-state index is 0.238. The zero-order chi connectivity index (χ0) is 13.5. The molecule has 2 aliphatic rings. The van der Waals surface area contributed by atoms with Crippen molar-refractivity contribution in [3.63, 3.8) is 0 Å². The van der Waals surface area contributed by atoms with Crippen molar-refractivity contribution in [2.75, 3.05) is 6.54 Å². The number of nitrogens with one attached hydrogen (secondary N) is 1. The molecule has 1 amide bonds. The molecule has 1 saturated carbocycles. The Balaban J connectivity index is 1.75. The molecular weight excluding hydrogens is 240 g/mol. The third-order valence-electron chi connectivity index (χ3n) is 4.21. The highest BCUT2D eigenvalue weighted by atomic mass is 16.3. The van der Waals surface area contributed by atoms with Crippen LogP contribution in [-0.4, -0.2) is 28.9 Å². The van der Waals surface area contributed by atoms with Crippen LogP contribution in [0.4, 0.5) is 0 Å². The second-order valence-corrected chi connectivity index (χ2v) is 6.04. The largest absolute Gasteiger partial charge is 0.464 e. The van der Waals surface area contributed by atoms with Crippen LogP contribution in [0, 0.1) is 6.92 Å². The molecular formula is C15H22N2O2. The predicted octanol–water partition coefficient (Wildman–Crippen LogP) is 2.22. The van der Waals surface area contributed by atoms with Crippen molar-refractivity contribution < 1.29 is 9.21 Å². The molecule has 2 fully saturated rings. The molecule has 0 aromatic carbocycles. The minimum Gasteiger partial charge on any atom is -0.464 e. The summed E-state index contributed by atoms with van der Waals surface area (Å²) in [6.07, 6.45) is 4.27. The van der Waals surface area contributed by atoms with Crippen LogP contribution in [0.15, 0.2) is 16.5 Å². The summed E-state index contributed by atoms with van der Waals surface area (Å²) in [7, 11) is 0. The third-order valence-corrected chi connectivity index (χ3v) is 4.21. The van der Waals surface area contributed by atoms with Crippen molar-refractivity contribution >= 4 is 5.91 Å². The van der Waals surface area contributed by atoms with Gasteiger partial charge in [-0.05, 0) is 58.2 Å². The number of hydrogen-bond donors (Lipinski definition) is 1. The highest BCUT2D eigenvalue weighted by Gasteiger charge is 2.43. The molecule has 19 heavy (non-hydrogen) atoms. The van der Waals surface area contributed by atoms with E-state index in [-0.39, 0.29) is 11.4 Å². The lowest BCUT2D eigenvalue weighted by Crippen LogP contribution is -2.53. The maximum Gasteiger partial charge on any atom is 0.243 e. The number of hydrogen-bond acceptors (Lipinski definition) is 3. The SMILES string of the molecule is Cc1ccc(CN(C(=O)C2(C)CCCN2)C2CC2)o1. The molecule has 104 valence electrons. The molecule has 4 nitrogen and oxygen atoms in total. The Kier molecular flexibility index (Phi) is 3.13. The zero-order valence-corrected chi connectivity index (χ0v) is 11.7. The van der Waals surface area contributed by atoms with Crippen molar-refractivity contribution in [1.82, 2.24) is 10.2 Å². The van der Waals surface area contributed by atoms with E-state index < -0.39 is 0 Å². The van der Waals surface area contributed by atoms with Gasteiger partial charge in [0.2, 0.25) is 5.91 Å². The number of carbonyl (C=O) groups is 1. The molecule has 1 aromatic rings. The number of nitrogens with zero attached hydrogens (tertiary/aromatic N) is 1. The van der Waals surface area contributed by atoms with Gasteiger partial charge in [-0.3, -0.25) is 4.79 Å². The van der Waals surface area contributed by atoms with Crippen LogP contribution in [0.25, 0.3) is 0 Å². The molecule has 1 atom stereocenters. The molecule has 0 bridgehead atoms. The van der Waals surface area contributed by atoms with E-state index in [2.05, 4.69) is 5.32 Å². The summed E-state index contributed by atoms with van der Waals surface area (Å²) in [5, 5.41) is 3.37. The molecule has 0 radical (unpaired) electrons. The van der Waals surface area contributed by atoms with Gasteiger partial charge in [-0.2, -0.15) is 0 Å². The molecule has 2 heterocycles. The van der Waals surface area contributed by atoms with Crippen LogP contribution in [-0.2, 0) is 11.3 Å². The predicted molar refractivity (Wildman–Crippen MR) is 72.7 cm³/mol. The van der Waals surface area contributed by atoms with Gasteiger partial charge in [0, 0.05) is 6.04 Å². The van der Waals surface area contributed by atoms with Crippen LogP contribution in [0.3, 0.4) is 0 Å². The van der Waals surface area contributed by atoms with Gasteiger partial charge in [0.15, 0.2) is 0 Å². The fraction of sp³-hybridized carbons (Fsp3) is 0.667. The van der Waals surface area contributed by atoms with Crippen molar-refractivity contribution in [3.05, 3.63) is 23.7 Å². The molecule has 4 heteroatoms. The van der Waals surface area contributed by atoms with Crippen LogP contribution in [0.1, 0.15) is 44.1 Å². The van der Waals surface area contributed by atoms with Gasteiger partial charge < -0.3 is 14.6 Å². The molecule has 1 aromatic heterocycles. The summed E-state index contributed by atoms with van der Waals surface area (Å²) in [6, 6.07) is 4.35. The summed E-state index contributed by atoms with van der Waals surface area (Å²) in [5.74, 6) is 2.03. The van der Waals surface area contributed by atoms with E-state index in [4.69, 9.17) is 4.42 Å². The number of amides is 1. The van der Waals surface area contributed by atoms with Crippen molar-refractivity contribution in [1.29, 1.82) is 0 Å². The average molecular weight is 262 g/mol. The van der Waals surface area contributed by atoms with E-state index in [0.29, 0.717) is 12.6 Å². The summed E-state index contributed by atoms with van der Waals surface area (Å²) < 4.78 is 5.62. The Hall–Kier alpha value is -1.29. The highest BCUT2D eigenvalue weighted by Crippen LogP contribution is 2.32. The molecule has 3 rings (SSSR count). The number of carbonyl (C=O) groups excluding carboxylic acids is 1. The molecule has 1 aliphatic carbocycles. The second-order valence-electron chi connectivity index (χ2n) is 6.04. The van der Waals surface area contributed by atoms with Gasteiger partial charge in [0.05, 0.1) is 12.1 Å². The maximum atomic E-state index is 12.8. The van der Waals surface area contributed by atoms with Gasteiger partial charge in [-0.25, -0.2) is 0 Å². The molecule has 0 spiro atoms. The average Bonchev–Trinajstić information content (AvgIpc) is 3.00. The summed E-state index contributed by atoms with van der Waals surface area (Å²) in [4.78, 5) is 14.8. The first-order valence-corrected chi connectivity index (χ1v) is 7.20. The lowest BCUT2D eigenvalue weighted by molar-refractivity contribution is -0.138. The first-order chi connectivity index (χ1) is 9.08. The first-order valence-electron chi connectivity index (χ1n) is 7.20. The van der Waals surface area contributed by atoms with Crippen molar-refractivity contribution in [2.45, 2.75) is 57.7 Å². The van der Waals surface area contributed by atoms with Crippen molar-refractivity contribution in [3.8, 4) is 0 Å². The van der Waals surface area contributed by atoms with Gasteiger partial charge >= 0.3 is 0 Å². The number of rotatable bonds is 4. The van der Waals surface area contributed by atoms with E-state index in [1.807, 2.05) is 30.9 Å². The monoisotopic (exact) mass is 262 g/mol. The van der Waals surface area contributed by atoms with Gasteiger partial charge in [0.25, 0.3) is 0 Å². The van der Waals surface area contributed by atoms with Crippen LogP contribution < -0.4 is 5.32 Å². The van der Waals surface area contributed by atoms with Crippen LogP contribution >= 0.6 is 0 Å². The van der Waals surface area contributed by atoms with Crippen LogP contribution in [0.2, 0.25) is 0 Å². The first kappa shape index (κ1) is 12.7. The molecule has 1 N–H and O–H groups in total. The number of furan rings is 1. The Morgan fingerprint density at radius 3 is 2.84 bits per heavy atom. The normalized spacial score (nSPS) is 26.6. The third kappa shape index (κ3) is 2.54. The Morgan fingerprint density at radius 2 is 2.32 bits per heavy atom. The van der Waals surface area contributed by atoms with E-state index in [9.17, 15) is 4.79 Å². The lowest BCUT2D eigenvalue weighted by atomic mass is 9.98. The smallest absolute Gasteiger partial charge is 0.243 e. The zero-order valence-electron chi connectivity index (χ0n) is 11.7. The number of aryl methyl sites for hydroxylation is 1. The summed E-state index contributed by atoms with van der Waals surface area (Å²) in [5.41, 5.74) is -0.371. The highest BCUT2D eigenvalue weighted by molar-refractivity contribution is 5.86. The van der Waals surface area contributed by atoms with E-state index in [0.717, 1.165) is 43.7 Å². The van der Waals surface area contributed by atoms with E-state index in [1.54, 1.807) is 0 Å². The van der Waals surface area contributed by atoms with Crippen molar-refractivity contribution in [2.24, 2.45) is 0 Å². The Labute approximate surface area is 114 Å². The Morgan fingerprint density at radius 1 is 1.53 bits per heavy atom. The van der Waals surface area contributed by atoms with Crippen LogP contribution in [0.5, 0.6) is 0 Å². The lowest BCUT2D eigenvalue weighted by Gasteiger charge is -2.31. The minimum atomic E-state index is -0.371. The maximum absolute atomic E-state index is 12.8. The molecule has 1 aliphatic heterocycles. The van der Waals surface area contributed by atoms with Gasteiger partial charge in [-0.15, -0.1) is 0 Å². The quantitative estimate of drug-likeness (QED) is 0.905. The molecule has 1 saturated heterocycles. The Bertz CT molecular complexity index is 470. The summed E-state index contributed by atoms with van der Waals surface area (Å²) >= 11 is 0. The standard InChI is InChI=1S/C15H22N2O2/c1-11-4-7-13(19-11)10-17(12-5-6-12)14(18)15(2)8-3-9-16-15/h4,7,12,16H,3,5-6,8-10H2,1-2H3. The molecule has 1 unspecified atom stereocenters. The van der Waals surface area contributed by atoms with Gasteiger partial charge in [0.1, 0.15) is 11.5 Å². The summed E-state index contributed by atoms with van der Waals surface area (Å²) in [6.45, 7) is 5.52. The van der Waals surface area contributed by atoms with E-state index in [1.165, 1.54) is 0 Å². The van der Waals surface area contributed by atoms with Gasteiger partial charge in [-0.1, -0.05) is 0 Å². The second kappa shape index (κ2) is 4.67. The van der Waals surface area contributed by atoms with E-state index >= 15 is 0 Å². The fourth-order valence-electron chi connectivity index (χ4n) is 2.89. The topological polar surface area (TPSA) is 45.5 Å². The fourth-order valence-corrected chi connectivity index (χ4v) is 2.89.